The summed E-state index contributed by atoms with van der Waals surface area (Å²) in [5.74, 6) is 1.70. The lowest BCUT2D eigenvalue weighted by atomic mass is 10.2. The summed E-state index contributed by atoms with van der Waals surface area (Å²) in [6.07, 6.45) is 4.47. The van der Waals surface area contributed by atoms with Crippen LogP contribution in [0, 0.1) is 18.8 Å². The van der Waals surface area contributed by atoms with Gasteiger partial charge in [-0.25, -0.2) is 0 Å². The Bertz CT molecular complexity index is 74.1. The van der Waals surface area contributed by atoms with Gasteiger partial charge in [-0.05, 0) is 24.7 Å². The summed E-state index contributed by atoms with van der Waals surface area (Å²) in [4.78, 5) is 0. The van der Waals surface area contributed by atoms with E-state index in [9.17, 15) is 0 Å². The van der Waals surface area contributed by atoms with Crippen molar-refractivity contribution in [3.8, 4) is 0 Å². The highest BCUT2D eigenvalue weighted by atomic mass is 14.4. The maximum atomic E-state index is 3.80. The predicted molar refractivity (Wildman–Crippen MR) is 31.8 cm³/mol. The van der Waals surface area contributed by atoms with E-state index in [2.05, 4.69) is 13.5 Å². The molecule has 0 saturated heterocycles. The van der Waals surface area contributed by atoms with Crippen LogP contribution in [0.2, 0.25) is 0 Å². The second-order valence-electron chi connectivity index (χ2n) is 2.18. The molecule has 0 aromatic rings. The summed E-state index contributed by atoms with van der Waals surface area (Å²) < 4.78 is 0. The van der Waals surface area contributed by atoms with Crippen molar-refractivity contribution in [3.63, 3.8) is 0 Å². The Kier molecular flexibility index (Phi) is 1.18. The fourth-order valence-corrected chi connectivity index (χ4v) is 0.892. The van der Waals surface area contributed by atoms with E-state index >= 15 is 0 Å². The lowest BCUT2D eigenvalue weighted by Crippen LogP contribution is -1.71. The van der Waals surface area contributed by atoms with Crippen LogP contribution in [0.3, 0.4) is 0 Å². The van der Waals surface area contributed by atoms with E-state index in [0.717, 1.165) is 18.3 Å². The van der Waals surface area contributed by atoms with Crippen molar-refractivity contribution in [1.29, 1.82) is 0 Å². The summed E-state index contributed by atoms with van der Waals surface area (Å²) >= 11 is 0. The normalized spacial score (nSPS) is 37.9. The van der Waals surface area contributed by atoms with E-state index in [-0.39, 0.29) is 0 Å². The quantitative estimate of drug-likeness (QED) is 0.460. The Balaban J connectivity index is 2.17. The number of allylic oxidation sites excluding steroid dienone is 1. The molecule has 0 aromatic carbocycles. The fraction of sp³-hybridized carbons (Fsp3) is 0.571. The molecule has 0 bridgehead atoms. The molecule has 1 fully saturated rings. The molecule has 0 heteroatoms. The maximum absolute atomic E-state index is 3.80. The Labute approximate surface area is 45.2 Å². The highest BCUT2D eigenvalue weighted by molar-refractivity contribution is 4.97. The van der Waals surface area contributed by atoms with Gasteiger partial charge in [-0.3, -0.25) is 0 Å². The van der Waals surface area contributed by atoms with Crippen molar-refractivity contribution >= 4 is 0 Å². The summed E-state index contributed by atoms with van der Waals surface area (Å²) in [5, 5.41) is 0. The summed E-state index contributed by atoms with van der Waals surface area (Å²) in [5.41, 5.74) is 0. The second-order valence-corrected chi connectivity index (χ2v) is 2.18. The Hall–Kier alpha value is -0.260. The molecule has 0 heterocycles. The largest absolute Gasteiger partial charge is 0.103 e. The molecule has 0 amide bonds. The van der Waals surface area contributed by atoms with E-state index in [1.807, 2.05) is 6.08 Å². The van der Waals surface area contributed by atoms with Crippen LogP contribution in [0.1, 0.15) is 12.8 Å². The van der Waals surface area contributed by atoms with Gasteiger partial charge >= 0.3 is 0 Å². The van der Waals surface area contributed by atoms with Gasteiger partial charge in [-0.1, -0.05) is 13.0 Å². The topological polar surface area (TPSA) is 0 Å². The molecule has 0 N–H and O–H groups in total. The van der Waals surface area contributed by atoms with Gasteiger partial charge in [0.25, 0.3) is 0 Å². The van der Waals surface area contributed by atoms with Crippen molar-refractivity contribution in [2.75, 3.05) is 0 Å². The zero-order valence-corrected chi connectivity index (χ0v) is 4.56. The van der Waals surface area contributed by atoms with E-state index in [1.165, 1.54) is 6.42 Å². The highest BCUT2D eigenvalue weighted by Gasteiger charge is 2.31. The van der Waals surface area contributed by atoms with Gasteiger partial charge in [0, 0.05) is 0 Å². The van der Waals surface area contributed by atoms with Gasteiger partial charge < -0.3 is 0 Å². The molecule has 7 heavy (non-hydrogen) atoms. The van der Waals surface area contributed by atoms with Crippen molar-refractivity contribution in [1.82, 2.24) is 0 Å². The first-order chi connectivity index (χ1) is 3.38. The lowest BCUT2D eigenvalue weighted by Gasteiger charge is -1.81. The minimum absolute atomic E-state index is 0.817. The molecule has 1 radical (unpaired) electrons. The van der Waals surface area contributed by atoms with Crippen LogP contribution in [0.4, 0.5) is 0 Å². The van der Waals surface area contributed by atoms with Crippen LogP contribution in [-0.4, -0.2) is 0 Å². The molecule has 0 nitrogen and oxygen atoms in total. The Morgan fingerprint density at radius 3 is 2.57 bits per heavy atom. The number of rotatable bonds is 2. The monoisotopic (exact) mass is 95.1 g/mol. The standard InChI is InChI=1S/C7H11/c1-3-6-5-7(6)4-2/h3,6-7H,1-2,4-5H2. The summed E-state index contributed by atoms with van der Waals surface area (Å²) in [6, 6.07) is 0. The number of hydrogen-bond acceptors (Lipinski definition) is 0. The third kappa shape index (κ3) is 0.846. The van der Waals surface area contributed by atoms with Crippen LogP contribution in [-0.2, 0) is 0 Å². The lowest BCUT2D eigenvalue weighted by molar-refractivity contribution is 0.806. The molecule has 1 aliphatic rings. The van der Waals surface area contributed by atoms with E-state index < -0.39 is 0 Å². The van der Waals surface area contributed by atoms with Crippen molar-refractivity contribution < 1.29 is 0 Å². The first-order valence-corrected chi connectivity index (χ1v) is 2.80. The number of hydrogen-bond donors (Lipinski definition) is 0. The van der Waals surface area contributed by atoms with E-state index in [1.54, 1.807) is 0 Å². The second kappa shape index (κ2) is 1.69. The molecular formula is C7H11. The summed E-state index contributed by atoms with van der Waals surface area (Å²) in [7, 11) is 0. The molecule has 39 valence electrons. The zero-order chi connectivity index (χ0) is 5.28. The van der Waals surface area contributed by atoms with Gasteiger partial charge in [0.05, 0.1) is 0 Å². The summed E-state index contributed by atoms with van der Waals surface area (Å²) in [6.45, 7) is 7.49. The third-order valence-corrected chi connectivity index (χ3v) is 1.65. The molecule has 1 rings (SSSR count). The van der Waals surface area contributed by atoms with Crippen molar-refractivity contribution in [2.24, 2.45) is 11.8 Å². The van der Waals surface area contributed by atoms with Gasteiger partial charge in [-0.2, -0.15) is 0 Å². The van der Waals surface area contributed by atoms with Gasteiger partial charge in [0.1, 0.15) is 0 Å². The molecule has 0 aromatic heterocycles. The van der Waals surface area contributed by atoms with Crippen LogP contribution in [0.15, 0.2) is 12.7 Å². The van der Waals surface area contributed by atoms with Gasteiger partial charge in [-0.15, -0.1) is 6.58 Å². The molecule has 0 aliphatic heterocycles. The molecule has 2 atom stereocenters. The van der Waals surface area contributed by atoms with Crippen LogP contribution >= 0.6 is 0 Å². The van der Waals surface area contributed by atoms with Crippen LogP contribution in [0.5, 0.6) is 0 Å². The third-order valence-electron chi connectivity index (χ3n) is 1.65. The predicted octanol–water partition coefficient (Wildman–Crippen LogP) is 2.03. The first kappa shape index (κ1) is 4.89. The Morgan fingerprint density at radius 2 is 2.43 bits per heavy atom. The minimum atomic E-state index is 0.817. The maximum Gasteiger partial charge on any atom is -0.0205 e. The zero-order valence-electron chi connectivity index (χ0n) is 4.56. The van der Waals surface area contributed by atoms with E-state index in [4.69, 9.17) is 0 Å². The average molecular weight is 95.2 g/mol. The van der Waals surface area contributed by atoms with E-state index in [0.29, 0.717) is 0 Å². The first-order valence-electron chi connectivity index (χ1n) is 2.80. The van der Waals surface area contributed by atoms with Gasteiger partial charge in [0.15, 0.2) is 0 Å². The van der Waals surface area contributed by atoms with Crippen LogP contribution in [0.25, 0.3) is 0 Å². The van der Waals surface area contributed by atoms with Gasteiger partial charge in [0.2, 0.25) is 0 Å². The van der Waals surface area contributed by atoms with Crippen molar-refractivity contribution in [3.05, 3.63) is 19.6 Å². The van der Waals surface area contributed by atoms with Crippen LogP contribution < -0.4 is 0 Å². The molecule has 0 spiro atoms. The molecule has 1 aliphatic carbocycles. The SMILES string of the molecule is [CH2]CC1CC1C=C. The smallest absolute Gasteiger partial charge is 0.0205 e. The molecule has 2 unspecified atom stereocenters. The molecule has 1 saturated carbocycles. The van der Waals surface area contributed by atoms with Crippen molar-refractivity contribution in [2.45, 2.75) is 12.8 Å². The minimum Gasteiger partial charge on any atom is -0.103 e. The highest BCUT2D eigenvalue weighted by Crippen LogP contribution is 2.41. The molecular weight excluding hydrogens is 84.1 g/mol. The Morgan fingerprint density at radius 1 is 1.71 bits per heavy atom. The average Bonchev–Trinajstić information content (AvgIpc) is 2.43. The fourth-order valence-electron chi connectivity index (χ4n) is 0.892.